The molecule has 0 atom stereocenters. The molecule has 1 amide bonds. The number of hydrogen-bond donors (Lipinski definition) is 1. The molecular weight excluding hydrogens is 174 g/mol. The molecule has 12 heavy (non-hydrogen) atoms. The van der Waals surface area contributed by atoms with Gasteiger partial charge in [0.05, 0.1) is 0 Å². The first-order valence-electron chi connectivity index (χ1n) is 3.48. The molecule has 0 unspecified atom stereocenters. The van der Waals surface area contributed by atoms with Crippen LogP contribution in [0.25, 0.3) is 5.57 Å². The van der Waals surface area contributed by atoms with Crippen molar-refractivity contribution in [3.63, 3.8) is 0 Å². The number of halogens is 1. The van der Waals surface area contributed by atoms with Crippen molar-refractivity contribution < 1.29 is 4.79 Å². The molecule has 0 fully saturated rings. The molecule has 0 bridgehead atoms. The summed E-state index contributed by atoms with van der Waals surface area (Å²) in [6, 6.07) is 5.24. The molecule has 0 saturated carbocycles. The van der Waals surface area contributed by atoms with Crippen LogP contribution in [0.5, 0.6) is 0 Å². The highest BCUT2D eigenvalue weighted by molar-refractivity contribution is 6.34. The second-order valence-corrected chi connectivity index (χ2v) is 3.06. The summed E-state index contributed by atoms with van der Waals surface area (Å²) in [6.45, 7) is 3.65. The van der Waals surface area contributed by atoms with Crippen LogP contribution in [0.4, 0.5) is 5.69 Å². The van der Waals surface area contributed by atoms with E-state index in [1.165, 1.54) is 0 Å². The van der Waals surface area contributed by atoms with Gasteiger partial charge in [-0.3, -0.25) is 4.79 Å². The molecule has 0 aliphatic carbocycles. The molecule has 1 aromatic rings. The van der Waals surface area contributed by atoms with E-state index in [-0.39, 0.29) is 5.91 Å². The van der Waals surface area contributed by atoms with Crippen LogP contribution in [0.2, 0.25) is 5.02 Å². The molecular formula is C9H6ClNO. The van der Waals surface area contributed by atoms with Crippen LogP contribution < -0.4 is 5.32 Å². The van der Waals surface area contributed by atoms with Crippen LogP contribution in [0.15, 0.2) is 24.8 Å². The zero-order valence-corrected chi connectivity index (χ0v) is 6.98. The highest BCUT2D eigenvalue weighted by atomic mass is 35.5. The number of hydrogen-bond acceptors (Lipinski definition) is 1. The lowest BCUT2D eigenvalue weighted by atomic mass is 10.1. The van der Waals surface area contributed by atoms with E-state index in [4.69, 9.17) is 11.6 Å². The Balaban J connectivity index is 2.63. The molecule has 2 nitrogen and oxygen atoms in total. The average molecular weight is 180 g/mol. The van der Waals surface area contributed by atoms with Gasteiger partial charge >= 0.3 is 0 Å². The summed E-state index contributed by atoms with van der Waals surface area (Å²) >= 11 is 5.76. The second-order valence-electron chi connectivity index (χ2n) is 2.62. The maximum atomic E-state index is 11.1. The molecule has 0 spiro atoms. The SMILES string of the molecule is C=C1C(=O)Nc2ccc(Cl)cc21. The molecule has 3 heteroatoms. The van der Waals surface area contributed by atoms with Crippen LogP contribution in [-0.2, 0) is 4.79 Å². The van der Waals surface area contributed by atoms with Crippen molar-refractivity contribution in [3.8, 4) is 0 Å². The van der Waals surface area contributed by atoms with E-state index in [1.807, 2.05) is 0 Å². The average Bonchev–Trinajstić information content (AvgIpc) is 2.31. The van der Waals surface area contributed by atoms with Crippen LogP contribution in [0.1, 0.15) is 5.56 Å². The molecule has 0 aromatic heterocycles. The van der Waals surface area contributed by atoms with E-state index >= 15 is 0 Å². The zero-order valence-electron chi connectivity index (χ0n) is 6.23. The molecule has 1 aromatic carbocycles. The number of benzene rings is 1. The zero-order chi connectivity index (χ0) is 8.72. The Hall–Kier alpha value is -1.28. The molecule has 1 heterocycles. The molecule has 1 aliphatic heterocycles. The van der Waals surface area contributed by atoms with Crippen molar-refractivity contribution in [1.29, 1.82) is 0 Å². The van der Waals surface area contributed by atoms with E-state index in [0.29, 0.717) is 10.6 Å². The first kappa shape index (κ1) is 7.37. The van der Waals surface area contributed by atoms with Gasteiger partial charge in [0.15, 0.2) is 0 Å². The Kier molecular flexibility index (Phi) is 1.45. The van der Waals surface area contributed by atoms with E-state index < -0.39 is 0 Å². The van der Waals surface area contributed by atoms with Gasteiger partial charge < -0.3 is 5.32 Å². The van der Waals surface area contributed by atoms with Crippen LogP contribution >= 0.6 is 11.6 Å². The van der Waals surface area contributed by atoms with Crippen molar-refractivity contribution in [2.24, 2.45) is 0 Å². The number of carbonyl (C=O) groups is 1. The second kappa shape index (κ2) is 2.35. The third-order valence-electron chi connectivity index (χ3n) is 1.83. The lowest BCUT2D eigenvalue weighted by Crippen LogP contribution is -2.02. The van der Waals surface area contributed by atoms with Gasteiger partial charge in [-0.25, -0.2) is 0 Å². The first-order chi connectivity index (χ1) is 5.68. The summed E-state index contributed by atoms with van der Waals surface area (Å²) in [5.74, 6) is -0.146. The molecule has 60 valence electrons. The van der Waals surface area contributed by atoms with E-state index in [0.717, 1.165) is 11.3 Å². The first-order valence-corrected chi connectivity index (χ1v) is 3.86. The summed E-state index contributed by atoms with van der Waals surface area (Å²) < 4.78 is 0. The highest BCUT2D eigenvalue weighted by Gasteiger charge is 2.21. The fraction of sp³-hybridized carbons (Fsp3) is 0. The summed E-state index contributed by atoms with van der Waals surface area (Å²) in [5, 5.41) is 3.29. The Labute approximate surface area is 74.8 Å². The minimum atomic E-state index is -0.146. The van der Waals surface area contributed by atoms with E-state index in [1.54, 1.807) is 18.2 Å². The Morgan fingerprint density at radius 1 is 1.42 bits per heavy atom. The standard InChI is InChI=1S/C9H6ClNO/c1-5-7-4-6(10)2-3-8(7)11-9(5)12/h2-4H,1H2,(H,11,12). The maximum absolute atomic E-state index is 11.1. The lowest BCUT2D eigenvalue weighted by Gasteiger charge is -1.96. The monoisotopic (exact) mass is 179 g/mol. The van der Waals surface area contributed by atoms with Gasteiger partial charge in [-0.15, -0.1) is 0 Å². The number of nitrogens with one attached hydrogen (secondary N) is 1. The highest BCUT2D eigenvalue weighted by Crippen LogP contribution is 2.32. The van der Waals surface area contributed by atoms with Crippen molar-refractivity contribution >= 4 is 28.8 Å². The predicted octanol–water partition coefficient (Wildman–Crippen LogP) is 2.31. The van der Waals surface area contributed by atoms with Gasteiger partial charge in [-0.05, 0) is 18.2 Å². The lowest BCUT2D eigenvalue weighted by molar-refractivity contribution is -0.110. The van der Waals surface area contributed by atoms with E-state index in [9.17, 15) is 4.79 Å². The van der Waals surface area contributed by atoms with Crippen molar-refractivity contribution in [2.75, 3.05) is 5.32 Å². The molecule has 0 radical (unpaired) electrons. The molecule has 0 saturated heterocycles. The van der Waals surface area contributed by atoms with Crippen molar-refractivity contribution in [2.45, 2.75) is 0 Å². The van der Waals surface area contributed by atoms with E-state index in [2.05, 4.69) is 11.9 Å². The van der Waals surface area contributed by atoms with Crippen LogP contribution in [-0.4, -0.2) is 5.91 Å². The molecule has 2 rings (SSSR count). The number of rotatable bonds is 0. The normalized spacial score (nSPS) is 14.4. The number of fused-ring (bicyclic) bond motifs is 1. The quantitative estimate of drug-likeness (QED) is 0.609. The number of amides is 1. The van der Waals surface area contributed by atoms with Gasteiger partial charge in [0.25, 0.3) is 5.91 Å². The topological polar surface area (TPSA) is 29.1 Å². The summed E-state index contributed by atoms with van der Waals surface area (Å²) in [7, 11) is 0. The Morgan fingerprint density at radius 2 is 2.17 bits per heavy atom. The van der Waals surface area contributed by atoms with Gasteiger partial charge in [-0.1, -0.05) is 18.2 Å². The Bertz CT molecular complexity index is 384. The minimum Gasteiger partial charge on any atom is -0.321 e. The maximum Gasteiger partial charge on any atom is 0.255 e. The summed E-state index contributed by atoms with van der Waals surface area (Å²) in [4.78, 5) is 11.1. The number of anilines is 1. The Morgan fingerprint density at radius 3 is 2.92 bits per heavy atom. The van der Waals surface area contributed by atoms with Gasteiger partial charge in [0.2, 0.25) is 0 Å². The van der Waals surface area contributed by atoms with Gasteiger partial charge in [0, 0.05) is 21.8 Å². The van der Waals surface area contributed by atoms with Gasteiger partial charge in [-0.2, -0.15) is 0 Å². The molecule has 1 N–H and O–H groups in total. The van der Waals surface area contributed by atoms with Crippen LogP contribution in [0, 0.1) is 0 Å². The summed E-state index contributed by atoms with van der Waals surface area (Å²) in [5.41, 5.74) is 2.06. The third-order valence-corrected chi connectivity index (χ3v) is 2.06. The minimum absolute atomic E-state index is 0.146. The third kappa shape index (κ3) is 0.924. The fourth-order valence-electron chi connectivity index (χ4n) is 1.20. The number of carbonyl (C=O) groups excluding carboxylic acids is 1. The molecule has 1 aliphatic rings. The largest absolute Gasteiger partial charge is 0.321 e. The predicted molar refractivity (Wildman–Crippen MR) is 49.1 cm³/mol. The smallest absolute Gasteiger partial charge is 0.255 e. The summed E-state index contributed by atoms with van der Waals surface area (Å²) in [6.07, 6.45) is 0. The van der Waals surface area contributed by atoms with Crippen molar-refractivity contribution in [1.82, 2.24) is 0 Å². The van der Waals surface area contributed by atoms with Gasteiger partial charge in [0.1, 0.15) is 0 Å². The van der Waals surface area contributed by atoms with Crippen LogP contribution in [0.3, 0.4) is 0 Å². The fourth-order valence-corrected chi connectivity index (χ4v) is 1.37. The van der Waals surface area contributed by atoms with Crippen molar-refractivity contribution in [3.05, 3.63) is 35.4 Å².